The van der Waals surface area contributed by atoms with Crippen molar-refractivity contribution < 1.29 is 14.6 Å². The highest BCUT2D eigenvalue weighted by Gasteiger charge is 2.41. The molecule has 4 rings (SSSR count). The molecule has 0 radical (unpaired) electrons. The zero-order valence-corrected chi connectivity index (χ0v) is 13.7. The Labute approximate surface area is 145 Å². The Kier molecular flexibility index (Phi) is 3.89. The lowest BCUT2D eigenvalue weighted by atomic mass is 9.79. The highest BCUT2D eigenvalue weighted by atomic mass is 16.5. The predicted octanol–water partition coefficient (Wildman–Crippen LogP) is 2.77. The molecule has 0 unspecified atom stereocenters. The molecule has 1 fully saturated rings. The fourth-order valence-corrected chi connectivity index (χ4v) is 2.83. The number of anilines is 1. The second-order valence-electron chi connectivity index (χ2n) is 6.35. The summed E-state index contributed by atoms with van der Waals surface area (Å²) < 4.78 is 7.69. The summed E-state index contributed by atoms with van der Waals surface area (Å²) in [5.74, 6) is 0.356. The lowest BCUT2D eigenvalue weighted by Crippen LogP contribution is -2.48. The van der Waals surface area contributed by atoms with Crippen molar-refractivity contribution in [1.29, 1.82) is 0 Å². The molecule has 0 aliphatic heterocycles. The minimum Gasteiger partial charge on any atom is -0.487 e. The topological polar surface area (TPSA) is 75.9 Å². The molecular weight excluding hydrogens is 318 g/mol. The summed E-state index contributed by atoms with van der Waals surface area (Å²) in [5, 5.41) is 12.8. The molecule has 6 nitrogen and oxygen atoms in total. The molecule has 2 aromatic heterocycles. The number of ether oxygens (including phenoxy) is 1. The second kappa shape index (κ2) is 6.22. The van der Waals surface area contributed by atoms with E-state index in [1.54, 1.807) is 24.3 Å². The Balaban J connectivity index is 1.36. The smallest absolute Gasteiger partial charge is 0.256 e. The van der Waals surface area contributed by atoms with Crippen molar-refractivity contribution in [3.8, 4) is 5.75 Å². The number of aliphatic hydroxyl groups is 1. The molecule has 0 atom stereocenters. The van der Waals surface area contributed by atoms with E-state index >= 15 is 0 Å². The fraction of sp³-hybridized carbons (Fsp3) is 0.263. The quantitative estimate of drug-likeness (QED) is 0.751. The van der Waals surface area contributed by atoms with Gasteiger partial charge in [0.15, 0.2) is 0 Å². The van der Waals surface area contributed by atoms with E-state index < -0.39 is 5.60 Å². The number of fused-ring (bicyclic) bond motifs is 1. The number of nitrogens with zero attached hydrogens (tertiary/aromatic N) is 2. The molecule has 1 amide bonds. The SMILES string of the molecule is O=C(Nc1ccc(OCc2cn3ccccc3n2)cc1)C1(O)CCC1. The van der Waals surface area contributed by atoms with Gasteiger partial charge in [-0.1, -0.05) is 6.07 Å². The first-order valence-corrected chi connectivity index (χ1v) is 8.32. The monoisotopic (exact) mass is 337 g/mol. The zero-order valence-electron chi connectivity index (χ0n) is 13.7. The van der Waals surface area contributed by atoms with Crippen molar-refractivity contribution in [3.63, 3.8) is 0 Å². The van der Waals surface area contributed by atoms with Gasteiger partial charge in [-0.05, 0) is 55.7 Å². The minimum atomic E-state index is -1.20. The highest BCUT2D eigenvalue weighted by Crippen LogP contribution is 2.32. The Morgan fingerprint density at radius 2 is 2.04 bits per heavy atom. The van der Waals surface area contributed by atoms with Crippen LogP contribution in [0.4, 0.5) is 5.69 Å². The van der Waals surface area contributed by atoms with Crippen LogP contribution in [0.1, 0.15) is 25.0 Å². The summed E-state index contributed by atoms with van der Waals surface area (Å²) in [6.07, 6.45) is 5.82. The van der Waals surface area contributed by atoms with Gasteiger partial charge in [0, 0.05) is 18.1 Å². The number of amides is 1. The van der Waals surface area contributed by atoms with E-state index in [4.69, 9.17) is 4.74 Å². The van der Waals surface area contributed by atoms with Gasteiger partial charge in [-0.25, -0.2) is 4.98 Å². The van der Waals surface area contributed by atoms with Gasteiger partial charge in [0.2, 0.25) is 0 Å². The molecule has 0 saturated heterocycles. The van der Waals surface area contributed by atoms with Crippen LogP contribution in [0.15, 0.2) is 54.9 Å². The van der Waals surface area contributed by atoms with Gasteiger partial charge in [0.05, 0.1) is 5.69 Å². The van der Waals surface area contributed by atoms with Crippen LogP contribution < -0.4 is 10.1 Å². The Hall–Kier alpha value is -2.86. The molecular formula is C19H19N3O3. The van der Waals surface area contributed by atoms with Crippen molar-refractivity contribution in [2.45, 2.75) is 31.5 Å². The van der Waals surface area contributed by atoms with Crippen LogP contribution in [0.3, 0.4) is 0 Å². The summed E-state index contributed by atoms with van der Waals surface area (Å²) >= 11 is 0. The summed E-state index contributed by atoms with van der Waals surface area (Å²) in [6.45, 7) is 0.368. The first kappa shape index (κ1) is 15.7. The number of nitrogens with one attached hydrogen (secondary N) is 1. The van der Waals surface area contributed by atoms with E-state index in [0.717, 1.165) is 17.8 Å². The van der Waals surface area contributed by atoms with E-state index in [0.29, 0.717) is 30.9 Å². The van der Waals surface area contributed by atoms with Crippen LogP contribution in [0.2, 0.25) is 0 Å². The summed E-state index contributed by atoms with van der Waals surface area (Å²) in [7, 11) is 0. The summed E-state index contributed by atoms with van der Waals surface area (Å²) in [5.41, 5.74) is 1.17. The van der Waals surface area contributed by atoms with Crippen molar-refractivity contribution >= 4 is 17.2 Å². The normalized spacial score (nSPS) is 15.6. The number of hydrogen-bond donors (Lipinski definition) is 2. The van der Waals surface area contributed by atoms with Gasteiger partial charge in [-0.2, -0.15) is 0 Å². The van der Waals surface area contributed by atoms with Crippen molar-refractivity contribution in [2.75, 3.05) is 5.32 Å². The maximum Gasteiger partial charge on any atom is 0.256 e. The lowest BCUT2D eigenvalue weighted by molar-refractivity contribution is -0.142. The molecule has 2 heterocycles. The molecule has 6 heteroatoms. The molecule has 0 bridgehead atoms. The molecule has 3 aromatic rings. The molecule has 2 N–H and O–H groups in total. The fourth-order valence-electron chi connectivity index (χ4n) is 2.83. The van der Waals surface area contributed by atoms with Crippen LogP contribution >= 0.6 is 0 Å². The van der Waals surface area contributed by atoms with E-state index in [1.165, 1.54) is 0 Å². The average Bonchev–Trinajstić information content (AvgIpc) is 3.02. The standard InChI is InChI=1S/C19H19N3O3/c23-18(19(24)9-3-10-19)21-14-5-7-16(8-6-14)25-13-15-12-22-11-2-1-4-17(22)20-15/h1-2,4-8,11-12,24H,3,9-10,13H2,(H,21,23). The molecule has 1 aliphatic carbocycles. The Morgan fingerprint density at radius 1 is 1.24 bits per heavy atom. The van der Waals surface area contributed by atoms with Gasteiger partial charge < -0.3 is 19.6 Å². The zero-order chi connectivity index (χ0) is 17.3. The van der Waals surface area contributed by atoms with Gasteiger partial charge in [0.1, 0.15) is 23.6 Å². The van der Waals surface area contributed by atoms with Gasteiger partial charge >= 0.3 is 0 Å². The number of benzene rings is 1. The van der Waals surface area contributed by atoms with Crippen molar-refractivity contribution in [1.82, 2.24) is 9.38 Å². The summed E-state index contributed by atoms with van der Waals surface area (Å²) in [4.78, 5) is 16.5. The molecule has 128 valence electrons. The maximum atomic E-state index is 12.0. The van der Waals surface area contributed by atoms with Gasteiger partial charge in [-0.3, -0.25) is 4.79 Å². The van der Waals surface area contributed by atoms with Crippen molar-refractivity contribution in [2.24, 2.45) is 0 Å². The van der Waals surface area contributed by atoms with Gasteiger partial charge in [-0.15, -0.1) is 0 Å². The third kappa shape index (κ3) is 3.21. The third-order valence-corrected chi connectivity index (χ3v) is 4.52. The number of rotatable bonds is 5. The van der Waals surface area contributed by atoms with Crippen LogP contribution in [-0.2, 0) is 11.4 Å². The minimum absolute atomic E-state index is 0.336. The Morgan fingerprint density at radius 3 is 2.72 bits per heavy atom. The number of imidazole rings is 1. The van der Waals surface area contributed by atoms with Crippen LogP contribution in [0.25, 0.3) is 5.65 Å². The summed E-state index contributed by atoms with van der Waals surface area (Å²) in [6, 6.07) is 12.9. The van der Waals surface area contributed by atoms with E-state index in [2.05, 4.69) is 10.3 Å². The van der Waals surface area contributed by atoms with Gasteiger partial charge in [0.25, 0.3) is 5.91 Å². The van der Waals surface area contributed by atoms with Crippen LogP contribution in [-0.4, -0.2) is 26.0 Å². The molecule has 25 heavy (non-hydrogen) atoms. The second-order valence-corrected chi connectivity index (χ2v) is 6.35. The maximum absolute atomic E-state index is 12.0. The third-order valence-electron chi connectivity index (χ3n) is 4.52. The van der Waals surface area contributed by atoms with E-state index in [-0.39, 0.29) is 5.91 Å². The number of aromatic nitrogens is 2. The number of pyridine rings is 1. The Bertz CT molecular complexity index is 865. The van der Waals surface area contributed by atoms with Crippen LogP contribution in [0.5, 0.6) is 5.75 Å². The molecule has 1 saturated carbocycles. The number of carbonyl (C=O) groups excluding carboxylic acids is 1. The lowest BCUT2D eigenvalue weighted by Gasteiger charge is -2.34. The van der Waals surface area contributed by atoms with Crippen molar-refractivity contribution in [3.05, 3.63) is 60.6 Å². The van der Waals surface area contributed by atoms with E-state index in [1.807, 2.05) is 35.0 Å². The first-order valence-electron chi connectivity index (χ1n) is 8.32. The molecule has 1 aromatic carbocycles. The molecule has 0 spiro atoms. The van der Waals surface area contributed by atoms with Crippen LogP contribution in [0, 0.1) is 0 Å². The number of hydrogen-bond acceptors (Lipinski definition) is 4. The average molecular weight is 337 g/mol. The highest BCUT2D eigenvalue weighted by molar-refractivity contribution is 5.97. The number of carbonyl (C=O) groups is 1. The predicted molar refractivity (Wildman–Crippen MR) is 93.4 cm³/mol. The molecule has 1 aliphatic rings. The first-order chi connectivity index (χ1) is 12.1. The largest absolute Gasteiger partial charge is 0.487 e. The van der Waals surface area contributed by atoms with E-state index in [9.17, 15) is 9.90 Å².